The molecule has 1 heterocycles. The van der Waals surface area contributed by atoms with Crippen LogP contribution in [0.25, 0.3) is 0 Å². The number of hydrogen-bond donors (Lipinski definition) is 1. The number of thiazole rings is 1. The Morgan fingerprint density at radius 3 is 2.57 bits per heavy atom. The average molecular weight is 539 g/mol. The lowest BCUT2D eigenvalue weighted by molar-refractivity contribution is 0.173. The number of aromatic nitrogens is 1. The van der Waals surface area contributed by atoms with Gasteiger partial charge in [-0.2, -0.15) is 4.31 Å². The zero-order valence-corrected chi connectivity index (χ0v) is 22.3. The zero-order valence-electron chi connectivity index (χ0n) is 19.9. The third kappa shape index (κ3) is 7.41. The fourth-order valence-electron chi connectivity index (χ4n) is 3.66. The Bertz CT molecular complexity index is 1160. The molecule has 1 atom stereocenters. The van der Waals surface area contributed by atoms with Crippen LogP contribution in [0.5, 0.6) is 11.5 Å². The second-order valence-electron chi connectivity index (χ2n) is 8.03. The van der Waals surface area contributed by atoms with Crippen LogP contribution in [-0.4, -0.2) is 49.2 Å². The molecule has 0 fully saturated rings. The minimum Gasteiger partial charge on any atom is -0.493 e. The topological polar surface area (TPSA) is 89.0 Å². The number of benzene rings is 2. The summed E-state index contributed by atoms with van der Waals surface area (Å²) in [6, 6.07) is 10.9. The van der Waals surface area contributed by atoms with E-state index in [0.29, 0.717) is 29.5 Å². The minimum atomic E-state index is -3.89. The Morgan fingerprint density at radius 2 is 1.94 bits per heavy atom. The number of sulfonamides is 1. The summed E-state index contributed by atoms with van der Waals surface area (Å²) in [5.74, 6) is 1.10. The first-order chi connectivity index (χ1) is 16.9. The molecule has 0 saturated carbocycles. The third-order valence-corrected chi connectivity index (χ3v) is 8.59. The van der Waals surface area contributed by atoms with Crippen molar-refractivity contribution in [1.82, 2.24) is 9.29 Å². The molecule has 7 nitrogen and oxygen atoms in total. The molecule has 0 aliphatic rings. The Labute approximate surface area is 216 Å². The van der Waals surface area contributed by atoms with Crippen molar-refractivity contribution in [2.45, 2.75) is 50.1 Å². The number of ether oxygens (including phenoxy) is 2. The van der Waals surface area contributed by atoms with Gasteiger partial charge in [0.2, 0.25) is 10.0 Å². The predicted octanol–water partition coefficient (Wildman–Crippen LogP) is 5.17. The van der Waals surface area contributed by atoms with Crippen LogP contribution < -0.4 is 9.47 Å². The molecule has 190 valence electrons. The molecule has 2 aromatic carbocycles. The summed E-state index contributed by atoms with van der Waals surface area (Å²) in [6.45, 7) is 2.31. The van der Waals surface area contributed by atoms with Gasteiger partial charge in [-0.05, 0) is 48.4 Å². The fourth-order valence-corrected chi connectivity index (χ4v) is 6.00. The van der Waals surface area contributed by atoms with Gasteiger partial charge in [0.15, 0.2) is 11.5 Å². The van der Waals surface area contributed by atoms with E-state index in [0.717, 1.165) is 29.7 Å². The summed E-state index contributed by atoms with van der Waals surface area (Å²) in [6.07, 6.45) is 4.80. The maximum absolute atomic E-state index is 13.6. The summed E-state index contributed by atoms with van der Waals surface area (Å²) in [5, 5.41) is 10.6. The van der Waals surface area contributed by atoms with Crippen molar-refractivity contribution < 1.29 is 23.0 Å². The smallest absolute Gasteiger partial charge is 0.243 e. The van der Waals surface area contributed by atoms with E-state index in [-0.39, 0.29) is 18.0 Å². The van der Waals surface area contributed by atoms with Gasteiger partial charge in [0, 0.05) is 35.1 Å². The molecule has 0 spiro atoms. The van der Waals surface area contributed by atoms with Crippen molar-refractivity contribution >= 4 is 33.0 Å². The summed E-state index contributed by atoms with van der Waals surface area (Å²) in [5.41, 5.74) is 2.51. The maximum atomic E-state index is 13.6. The SMILES string of the molecule is CCCCC(CO)N(Cc1ccc(OCCc2cncs2)c(OC)c1)S(=O)(=O)c1ccc(Cl)cc1. The second-order valence-corrected chi connectivity index (χ2v) is 11.3. The highest BCUT2D eigenvalue weighted by atomic mass is 35.5. The van der Waals surface area contributed by atoms with Crippen molar-refractivity contribution in [3.8, 4) is 11.5 Å². The molecule has 1 aromatic heterocycles. The van der Waals surface area contributed by atoms with E-state index in [1.807, 2.05) is 19.2 Å². The molecule has 3 aromatic rings. The molecule has 35 heavy (non-hydrogen) atoms. The van der Waals surface area contributed by atoms with E-state index in [1.165, 1.54) is 16.4 Å². The number of aliphatic hydroxyl groups excluding tert-OH is 1. The van der Waals surface area contributed by atoms with E-state index in [9.17, 15) is 13.5 Å². The summed E-state index contributed by atoms with van der Waals surface area (Å²) in [4.78, 5) is 5.33. The molecule has 1 unspecified atom stereocenters. The molecule has 0 aliphatic heterocycles. The van der Waals surface area contributed by atoms with Crippen LogP contribution in [0, 0.1) is 0 Å². The molecule has 0 saturated heterocycles. The van der Waals surface area contributed by atoms with Gasteiger partial charge in [-0.1, -0.05) is 37.4 Å². The average Bonchev–Trinajstić information content (AvgIpc) is 3.38. The van der Waals surface area contributed by atoms with Gasteiger partial charge in [-0.15, -0.1) is 11.3 Å². The van der Waals surface area contributed by atoms with E-state index < -0.39 is 16.1 Å². The van der Waals surface area contributed by atoms with Crippen molar-refractivity contribution in [3.63, 3.8) is 0 Å². The normalized spacial score (nSPS) is 12.6. The molecule has 0 radical (unpaired) electrons. The van der Waals surface area contributed by atoms with Gasteiger partial charge in [0.25, 0.3) is 0 Å². The number of nitrogens with zero attached hydrogens (tertiary/aromatic N) is 2. The third-order valence-electron chi connectivity index (χ3n) is 5.59. The van der Waals surface area contributed by atoms with Crippen LogP contribution in [0.2, 0.25) is 5.02 Å². The lowest BCUT2D eigenvalue weighted by Crippen LogP contribution is -2.42. The molecule has 1 N–H and O–H groups in total. The van der Waals surface area contributed by atoms with E-state index >= 15 is 0 Å². The van der Waals surface area contributed by atoms with Crippen LogP contribution in [0.3, 0.4) is 0 Å². The van der Waals surface area contributed by atoms with Gasteiger partial charge < -0.3 is 14.6 Å². The lowest BCUT2D eigenvalue weighted by Gasteiger charge is -2.30. The maximum Gasteiger partial charge on any atom is 0.243 e. The summed E-state index contributed by atoms with van der Waals surface area (Å²) < 4.78 is 40.0. The highest BCUT2D eigenvalue weighted by Crippen LogP contribution is 2.31. The highest BCUT2D eigenvalue weighted by molar-refractivity contribution is 7.89. The van der Waals surface area contributed by atoms with E-state index in [1.54, 1.807) is 48.2 Å². The zero-order chi connectivity index (χ0) is 25.3. The molecule has 10 heteroatoms. The molecular weight excluding hydrogens is 508 g/mol. The van der Waals surface area contributed by atoms with Crippen molar-refractivity contribution in [3.05, 3.63) is 69.6 Å². The molecule has 0 amide bonds. The van der Waals surface area contributed by atoms with Crippen LogP contribution in [-0.2, 0) is 23.0 Å². The Balaban J connectivity index is 1.84. The number of methoxy groups -OCH3 is 1. The fraction of sp³-hybridized carbons (Fsp3) is 0.400. The van der Waals surface area contributed by atoms with Gasteiger partial charge in [0.1, 0.15) is 0 Å². The number of unbranched alkanes of at least 4 members (excludes halogenated alkanes) is 1. The van der Waals surface area contributed by atoms with Crippen LogP contribution in [0.1, 0.15) is 36.6 Å². The molecule has 3 rings (SSSR count). The number of hydrogen-bond acceptors (Lipinski definition) is 7. The van der Waals surface area contributed by atoms with Crippen LogP contribution in [0.15, 0.2) is 59.1 Å². The van der Waals surface area contributed by atoms with Crippen LogP contribution in [0.4, 0.5) is 0 Å². The van der Waals surface area contributed by atoms with Crippen molar-refractivity contribution in [2.24, 2.45) is 0 Å². The Hall–Kier alpha value is -2.17. The van der Waals surface area contributed by atoms with Crippen LogP contribution >= 0.6 is 22.9 Å². The predicted molar refractivity (Wildman–Crippen MR) is 139 cm³/mol. The lowest BCUT2D eigenvalue weighted by atomic mass is 10.1. The first-order valence-corrected chi connectivity index (χ1v) is 14.1. The number of halogens is 1. The van der Waals surface area contributed by atoms with Gasteiger partial charge in [-0.3, -0.25) is 4.98 Å². The minimum absolute atomic E-state index is 0.0808. The van der Waals surface area contributed by atoms with Gasteiger partial charge in [0.05, 0.1) is 30.7 Å². The first kappa shape index (κ1) is 27.4. The number of rotatable bonds is 14. The van der Waals surface area contributed by atoms with Crippen molar-refractivity contribution in [2.75, 3.05) is 20.3 Å². The molecule has 0 bridgehead atoms. The van der Waals surface area contributed by atoms with E-state index in [4.69, 9.17) is 21.1 Å². The quantitative estimate of drug-likeness (QED) is 0.304. The van der Waals surface area contributed by atoms with Gasteiger partial charge >= 0.3 is 0 Å². The monoisotopic (exact) mass is 538 g/mol. The summed E-state index contributed by atoms with van der Waals surface area (Å²) in [7, 11) is -2.34. The van der Waals surface area contributed by atoms with E-state index in [2.05, 4.69) is 4.98 Å². The standard InChI is InChI=1S/C25H31ClN2O5S2/c1-3-4-5-21(17-29)28(35(30,31)23-9-7-20(26)8-10-23)16-19-6-11-24(25(14-19)32-2)33-13-12-22-15-27-18-34-22/h6-11,14-15,18,21,29H,3-5,12-13,16-17H2,1-2H3. The summed E-state index contributed by atoms with van der Waals surface area (Å²) >= 11 is 7.54. The second kappa shape index (κ2) is 13.2. The molecular formula is C25H31ClN2O5S2. The van der Waals surface area contributed by atoms with Gasteiger partial charge in [-0.25, -0.2) is 8.42 Å². The largest absolute Gasteiger partial charge is 0.493 e. The number of aliphatic hydroxyl groups is 1. The molecule has 0 aliphatic carbocycles. The highest BCUT2D eigenvalue weighted by Gasteiger charge is 2.31. The Morgan fingerprint density at radius 1 is 1.17 bits per heavy atom. The van der Waals surface area contributed by atoms with Crippen molar-refractivity contribution in [1.29, 1.82) is 0 Å². The first-order valence-electron chi connectivity index (χ1n) is 11.4. The Kier molecular flexibility index (Phi) is 10.4.